The molecule has 4 aromatic rings. The molecular weight excluding hydrogens is 380 g/mol. The predicted octanol–water partition coefficient (Wildman–Crippen LogP) is 2.01. The Labute approximate surface area is 165 Å². The summed E-state index contributed by atoms with van der Waals surface area (Å²) in [5.74, 6) is 1.55. The van der Waals surface area contributed by atoms with E-state index in [0.717, 1.165) is 42.0 Å². The van der Waals surface area contributed by atoms with Crippen LogP contribution in [0.5, 0.6) is 0 Å². The average Bonchev–Trinajstić information content (AvgIpc) is 3.46. The van der Waals surface area contributed by atoms with Gasteiger partial charge in [-0.3, -0.25) is 0 Å². The minimum absolute atomic E-state index is 0.469. The van der Waals surface area contributed by atoms with Crippen molar-refractivity contribution < 1.29 is 0 Å². The standard InChI is InChI=1S/C17H19ClN10/c1-2-3-4-16-20-17(18)14(9-15-21-24-25-22-15)27(16)10-12-5-7-13(8-6-12)28-11-19-23-26-28/h5-8,11H,2-4,9-10H2,1H3,(H,21,22,24,25). The zero-order valence-electron chi connectivity index (χ0n) is 15.3. The molecule has 0 spiro atoms. The highest BCUT2D eigenvalue weighted by Gasteiger charge is 2.18. The lowest BCUT2D eigenvalue weighted by atomic mass is 10.2. The minimum atomic E-state index is 0.469. The Balaban J connectivity index is 1.62. The summed E-state index contributed by atoms with van der Waals surface area (Å²) in [6, 6.07) is 8.06. The van der Waals surface area contributed by atoms with E-state index in [1.165, 1.54) is 0 Å². The van der Waals surface area contributed by atoms with E-state index in [4.69, 9.17) is 11.6 Å². The molecule has 10 nitrogen and oxygen atoms in total. The zero-order chi connectivity index (χ0) is 19.3. The summed E-state index contributed by atoms with van der Waals surface area (Å²) < 4.78 is 3.77. The number of H-pyrrole nitrogens is 1. The number of halogens is 1. The Morgan fingerprint density at radius 3 is 2.71 bits per heavy atom. The highest BCUT2D eigenvalue weighted by molar-refractivity contribution is 6.30. The molecule has 1 aromatic carbocycles. The van der Waals surface area contributed by atoms with Crippen LogP contribution in [0.25, 0.3) is 5.69 Å². The van der Waals surface area contributed by atoms with Gasteiger partial charge in [-0.1, -0.05) is 42.3 Å². The third-order valence-electron chi connectivity index (χ3n) is 4.46. The largest absolute Gasteiger partial charge is 0.326 e. The monoisotopic (exact) mass is 398 g/mol. The van der Waals surface area contributed by atoms with Gasteiger partial charge in [0.25, 0.3) is 0 Å². The molecule has 0 aliphatic carbocycles. The van der Waals surface area contributed by atoms with E-state index in [2.05, 4.69) is 52.6 Å². The van der Waals surface area contributed by atoms with Crippen LogP contribution in [0.2, 0.25) is 5.15 Å². The van der Waals surface area contributed by atoms with E-state index in [9.17, 15) is 0 Å². The van der Waals surface area contributed by atoms with Crippen LogP contribution in [-0.2, 0) is 19.4 Å². The number of nitrogens with zero attached hydrogens (tertiary/aromatic N) is 9. The Kier molecular flexibility index (Phi) is 5.38. The third-order valence-corrected chi connectivity index (χ3v) is 4.76. The molecule has 28 heavy (non-hydrogen) atoms. The summed E-state index contributed by atoms with van der Waals surface area (Å²) in [6.45, 7) is 2.81. The topological polar surface area (TPSA) is 116 Å². The number of aromatic amines is 1. The molecule has 0 aliphatic rings. The maximum Gasteiger partial charge on any atom is 0.180 e. The van der Waals surface area contributed by atoms with Gasteiger partial charge in [-0.2, -0.15) is 5.21 Å². The quantitative estimate of drug-likeness (QED) is 0.482. The van der Waals surface area contributed by atoms with E-state index in [-0.39, 0.29) is 0 Å². The molecule has 11 heteroatoms. The molecule has 0 aliphatic heterocycles. The van der Waals surface area contributed by atoms with Gasteiger partial charge >= 0.3 is 0 Å². The highest BCUT2D eigenvalue weighted by atomic mass is 35.5. The van der Waals surface area contributed by atoms with Gasteiger partial charge in [0, 0.05) is 13.0 Å². The first-order valence-electron chi connectivity index (χ1n) is 9.03. The molecule has 0 saturated heterocycles. The molecule has 0 unspecified atom stereocenters. The van der Waals surface area contributed by atoms with E-state index in [1.54, 1.807) is 11.0 Å². The Morgan fingerprint density at radius 1 is 1.18 bits per heavy atom. The Morgan fingerprint density at radius 2 is 2.04 bits per heavy atom. The van der Waals surface area contributed by atoms with Crippen molar-refractivity contribution in [1.82, 2.24) is 50.4 Å². The lowest BCUT2D eigenvalue weighted by Gasteiger charge is -2.12. The van der Waals surface area contributed by atoms with Crippen LogP contribution in [0.4, 0.5) is 0 Å². The van der Waals surface area contributed by atoms with Gasteiger partial charge in [0.1, 0.15) is 12.2 Å². The summed E-state index contributed by atoms with van der Waals surface area (Å²) in [5, 5.41) is 25.9. The molecule has 1 N–H and O–H groups in total. The number of rotatable bonds is 8. The molecule has 0 saturated carbocycles. The lowest BCUT2D eigenvalue weighted by Crippen LogP contribution is -2.10. The molecule has 0 fully saturated rings. The maximum atomic E-state index is 6.46. The summed E-state index contributed by atoms with van der Waals surface area (Å²) >= 11 is 6.46. The smallest absolute Gasteiger partial charge is 0.180 e. The van der Waals surface area contributed by atoms with E-state index in [1.807, 2.05) is 24.3 Å². The van der Waals surface area contributed by atoms with Crippen LogP contribution in [0.3, 0.4) is 0 Å². The third kappa shape index (κ3) is 3.91. The molecule has 0 amide bonds. The number of tetrazole rings is 2. The molecule has 144 valence electrons. The SMILES string of the molecule is CCCCc1nc(Cl)c(Cc2nn[nH]n2)n1Cc1ccc(-n2cnnn2)cc1. The van der Waals surface area contributed by atoms with Gasteiger partial charge in [0.2, 0.25) is 0 Å². The summed E-state index contributed by atoms with van der Waals surface area (Å²) in [4.78, 5) is 4.59. The van der Waals surface area contributed by atoms with Gasteiger partial charge in [0.15, 0.2) is 11.0 Å². The summed E-state index contributed by atoms with van der Waals surface area (Å²) in [5.41, 5.74) is 2.91. The van der Waals surface area contributed by atoms with Gasteiger partial charge in [0.05, 0.1) is 17.8 Å². The second kappa shape index (κ2) is 8.26. The first kappa shape index (κ1) is 18.2. The minimum Gasteiger partial charge on any atom is -0.326 e. The number of benzene rings is 1. The second-order valence-electron chi connectivity index (χ2n) is 6.38. The van der Waals surface area contributed by atoms with Crippen LogP contribution in [-0.4, -0.2) is 50.4 Å². The second-order valence-corrected chi connectivity index (χ2v) is 6.74. The zero-order valence-corrected chi connectivity index (χ0v) is 16.1. The van der Waals surface area contributed by atoms with E-state index < -0.39 is 0 Å². The number of nitrogens with one attached hydrogen (secondary N) is 1. The van der Waals surface area contributed by atoms with Gasteiger partial charge in [-0.25, -0.2) is 9.67 Å². The van der Waals surface area contributed by atoms with Crippen molar-refractivity contribution in [1.29, 1.82) is 0 Å². The van der Waals surface area contributed by atoms with Crippen molar-refractivity contribution in [3.63, 3.8) is 0 Å². The van der Waals surface area contributed by atoms with E-state index >= 15 is 0 Å². The normalized spacial score (nSPS) is 11.2. The summed E-state index contributed by atoms with van der Waals surface area (Å²) in [6.07, 6.45) is 5.04. The molecule has 3 heterocycles. The molecule has 4 rings (SSSR count). The molecule has 0 bridgehead atoms. The lowest BCUT2D eigenvalue weighted by molar-refractivity contribution is 0.657. The van der Waals surface area contributed by atoms with Crippen LogP contribution in [0.15, 0.2) is 30.6 Å². The first-order valence-corrected chi connectivity index (χ1v) is 9.40. The predicted molar refractivity (Wildman–Crippen MR) is 101 cm³/mol. The van der Waals surface area contributed by atoms with Crippen LogP contribution in [0.1, 0.15) is 42.7 Å². The number of hydrogen-bond acceptors (Lipinski definition) is 7. The molecule has 3 aromatic heterocycles. The van der Waals surface area contributed by atoms with Gasteiger partial charge in [-0.15, -0.1) is 15.3 Å². The highest BCUT2D eigenvalue weighted by Crippen LogP contribution is 2.23. The number of unbranched alkanes of at least 4 members (excludes halogenated alkanes) is 1. The van der Waals surface area contributed by atoms with Crippen LogP contribution in [0, 0.1) is 0 Å². The van der Waals surface area contributed by atoms with Crippen molar-refractivity contribution in [2.24, 2.45) is 0 Å². The Bertz CT molecular complexity index is 1010. The number of aryl methyl sites for hydroxylation is 1. The Hall–Kier alpha value is -3.14. The summed E-state index contributed by atoms with van der Waals surface area (Å²) in [7, 11) is 0. The number of aromatic nitrogens is 10. The van der Waals surface area contributed by atoms with Gasteiger partial charge < -0.3 is 4.57 Å². The van der Waals surface area contributed by atoms with Crippen molar-refractivity contribution in [2.45, 2.75) is 39.2 Å². The molecule has 0 radical (unpaired) electrons. The van der Waals surface area contributed by atoms with E-state index in [0.29, 0.717) is 23.9 Å². The fourth-order valence-electron chi connectivity index (χ4n) is 3.01. The van der Waals surface area contributed by atoms with Gasteiger partial charge in [-0.05, 0) is 34.5 Å². The number of hydrogen-bond donors (Lipinski definition) is 1. The van der Waals surface area contributed by atoms with Crippen LogP contribution >= 0.6 is 11.6 Å². The average molecular weight is 399 g/mol. The van der Waals surface area contributed by atoms with Crippen molar-refractivity contribution in [3.8, 4) is 5.69 Å². The van der Waals surface area contributed by atoms with Crippen molar-refractivity contribution >= 4 is 11.6 Å². The van der Waals surface area contributed by atoms with Crippen LogP contribution < -0.4 is 0 Å². The fourth-order valence-corrected chi connectivity index (χ4v) is 3.28. The van der Waals surface area contributed by atoms with Crippen molar-refractivity contribution in [3.05, 3.63) is 58.7 Å². The molecular formula is C17H19ClN10. The van der Waals surface area contributed by atoms with Crippen molar-refractivity contribution in [2.75, 3.05) is 0 Å². The maximum absolute atomic E-state index is 6.46. The molecule has 0 atom stereocenters. The fraction of sp³-hybridized carbons (Fsp3) is 0.353. The first-order chi connectivity index (χ1) is 13.7. The number of imidazole rings is 1.